The SMILES string of the molecule is CC(C)(O)c1c(C2C=Cc3ccccc32)ccc2ccccc12.[Cl-].[Cl-].[Ti+2]. The van der Waals surface area contributed by atoms with Gasteiger partial charge in [-0.2, -0.15) is 0 Å². The van der Waals surface area contributed by atoms with Crippen LogP contribution in [0.5, 0.6) is 0 Å². The van der Waals surface area contributed by atoms with Gasteiger partial charge in [0.1, 0.15) is 0 Å². The molecule has 0 spiro atoms. The Labute approximate surface area is 182 Å². The molecule has 4 heteroatoms. The summed E-state index contributed by atoms with van der Waals surface area (Å²) in [5.74, 6) is 0.206. The van der Waals surface area contributed by atoms with Gasteiger partial charge >= 0.3 is 21.7 Å². The number of hydrogen-bond acceptors (Lipinski definition) is 1. The molecule has 4 rings (SSSR count). The molecule has 0 heterocycles. The van der Waals surface area contributed by atoms with Crippen LogP contribution >= 0.6 is 0 Å². The van der Waals surface area contributed by atoms with Crippen LogP contribution in [0.3, 0.4) is 0 Å². The molecule has 1 aliphatic carbocycles. The van der Waals surface area contributed by atoms with Crippen LogP contribution in [0, 0.1) is 0 Å². The fourth-order valence-corrected chi connectivity index (χ4v) is 3.75. The summed E-state index contributed by atoms with van der Waals surface area (Å²) in [6, 6.07) is 21.1. The Morgan fingerprint density at radius 2 is 1.46 bits per heavy atom. The van der Waals surface area contributed by atoms with Crippen LogP contribution in [0.1, 0.15) is 42.0 Å². The molecule has 0 aromatic heterocycles. The van der Waals surface area contributed by atoms with Gasteiger partial charge in [0.05, 0.1) is 5.60 Å². The minimum absolute atomic E-state index is 0. The Morgan fingerprint density at radius 1 is 0.808 bits per heavy atom. The second-order valence-corrected chi connectivity index (χ2v) is 6.78. The van der Waals surface area contributed by atoms with E-state index < -0.39 is 5.60 Å². The maximum Gasteiger partial charge on any atom is 2.00 e. The monoisotopic (exact) mass is 418 g/mol. The first-order chi connectivity index (χ1) is 11.1. The molecule has 1 unspecified atom stereocenters. The summed E-state index contributed by atoms with van der Waals surface area (Å²) in [6.45, 7) is 3.76. The average Bonchev–Trinajstić information content (AvgIpc) is 2.96. The van der Waals surface area contributed by atoms with Crippen molar-refractivity contribution in [3.8, 4) is 0 Å². The minimum Gasteiger partial charge on any atom is -1.00 e. The van der Waals surface area contributed by atoms with Crippen LogP contribution in [-0.2, 0) is 27.3 Å². The minimum atomic E-state index is -0.887. The van der Waals surface area contributed by atoms with Crippen LogP contribution in [0.4, 0.5) is 0 Å². The van der Waals surface area contributed by atoms with Crippen LogP contribution in [0.2, 0.25) is 0 Å². The van der Waals surface area contributed by atoms with Crippen molar-refractivity contribution in [2.75, 3.05) is 0 Å². The summed E-state index contributed by atoms with van der Waals surface area (Å²) < 4.78 is 0. The van der Waals surface area contributed by atoms with Gasteiger partial charge in [-0.1, -0.05) is 72.8 Å². The van der Waals surface area contributed by atoms with Crippen molar-refractivity contribution >= 4 is 16.8 Å². The van der Waals surface area contributed by atoms with E-state index in [1.165, 1.54) is 22.1 Å². The van der Waals surface area contributed by atoms with Gasteiger partial charge in [0, 0.05) is 5.92 Å². The summed E-state index contributed by atoms with van der Waals surface area (Å²) in [5.41, 5.74) is 3.92. The van der Waals surface area contributed by atoms with Gasteiger partial charge in [-0.15, -0.1) is 0 Å². The van der Waals surface area contributed by atoms with E-state index in [2.05, 4.69) is 60.7 Å². The molecular weight excluding hydrogens is 399 g/mol. The molecular formula is C22H20Cl2OTi. The zero-order valence-corrected chi connectivity index (χ0v) is 17.8. The van der Waals surface area contributed by atoms with Crippen LogP contribution < -0.4 is 24.8 Å². The number of benzene rings is 3. The molecule has 1 nitrogen and oxygen atoms in total. The Hall–Kier alpha value is -1.09. The zero-order chi connectivity index (χ0) is 16.0. The Balaban J connectivity index is 0.00000113. The molecule has 0 radical (unpaired) electrons. The number of halogens is 2. The standard InChI is InChI=1S/C22H20O.2ClH.Ti/c1-22(2,23)21-18-10-6-4-8-16(18)12-14-20(21)19-13-11-15-7-3-5-9-17(15)19;;;/h3-14,19,23H,1-2H3;2*1H;/q;;;+2/p-2. The zero-order valence-electron chi connectivity index (χ0n) is 14.7. The van der Waals surface area contributed by atoms with E-state index in [-0.39, 0.29) is 52.4 Å². The predicted octanol–water partition coefficient (Wildman–Crippen LogP) is -0.769. The molecule has 0 amide bonds. The van der Waals surface area contributed by atoms with Gasteiger partial charge in [0.25, 0.3) is 0 Å². The van der Waals surface area contributed by atoms with Crippen molar-refractivity contribution in [2.45, 2.75) is 25.4 Å². The Morgan fingerprint density at radius 3 is 2.19 bits per heavy atom. The molecule has 0 aliphatic heterocycles. The van der Waals surface area contributed by atoms with Gasteiger partial charge in [-0.05, 0) is 46.9 Å². The van der Waals surface area contributed by atoms with Crippen molar-refractivity contribution in [1.29, 1.82) is 0 Å². The van der Waals surface area contributed by atoms with E-state index in [4.69, 9.17) is 0 Å². The second-order valence-electron chi connectivity index (χ2n) is 6.78. The fourth-order valence-electron chi connectivity index (χ4n) is 3.75. The van der Waals surface area contributed by atoms with Crippen molar-refractivity contribution in [3.05, 3.63) is 89.0 Å². The van der Waals surface area contributed by atoms with Gasteiger partial charge in [0.15, 0.2) is 0 Å². The van der Waals surface area contributed by atoms with Crippen molar-refractivity contribution < 1.29 is 51.6 Å². The molecule has 0 bridgehead atoms. The Bertz CT molecular complexity index is 929. The second kappa shape index (κ2) is 8.74. The van der Waals surface area contributed by atoms with Gasteiger partial charge in [0.2, 0.25) is 0 Å². The van der Waals surface area contributed by atoms with E-state index in [9.17, 15) is 5.11 Å². The number of rotatable bonds is 2. The van der Waals surface area contributed by atoms with Crippen molar-refractivity contribution in [3.63, 3.8) is 0 Å². The molecule has 1 atom stereocenters. The molecule has 0 saturated heterocycles. The third kappa shape index (κ3) is 3.93. The maximum absolute atomic E-state index is 10.9. The molecule has 132 valence electrons. The number of allylic oxidation sites excluding steroid dienone is 1. The topological polar surface area (TPSA) is 20.2 Å². The van der Waals surface area contributed by atoms with E-state index in [1.807, 2.05) is 26.0 Å². The molecule has 3 aromatic carbocycles. The predicted molar refractivity (Wildman–Crippen MR) is 96.5 cm³/mol. The van der Waals surface area contributed by atoms with Crippen molar-refractivity contribution in [1.82, 2.24) is 0 Å². The molecule has 0 saturated carbocycles. The van der Waals surface area contributed by atoms with Gasteiger partial charge < -0.3 is 29.9 Å². The first-order valence-corrected chi connectivity index (χ1v) is 8.07. The summed E-state index contributed by atoms with van der Waals surface area (Å²) in [6.07, 6.45) is 4.42. The number of hydrogen-bond donors (Lipinski definition) is 1. The van der Waals surface area contributed by atoms with E-state index in [0.717, 1.165) is 10.9 Å². The summed E-state index contributed by atoms with van der Waals surface area (Å²) in [4.78, 5) is 0. The normalized spacial score (nSPS) is 14.8. The van der Waals surface area contributed by atoms with Crippen LogP contribution in [-0.4, -0.2) is 5.11 Å². The number of aliphatic hydroxyl groups is 1. The number of fused-ring (bicyclic) bond motifs is 2. The maximum atomic E-state index is 10.9. The fraction of sp³-hybridized carbons (Fsp3) is 0.182. The van der Waals surface area contributed by atoms with Crippen molar-refractivity contribution in [2.24, 2.45) is 0 Å². The Kier molecular flexibility index (Phi) is 7.71. The molecule has 26 heavy (non-hydrogen) atoms. The summed E-state index contributed by atoms with van der Waals surface area (Å²) in [5, 5.41) is 13.2. The molecule has 1 N–H and O–H groups in total. The first kappa shape index (κ1) is 23.0. The molecule has 3 aromatic rings. The molecule has 0 fully saturated rings. The smallest absolute Gasteiger partial charge is 1.00 e. The largest absolute Gasteiger partial charge is 2.00 e. The first-order valence-electron chi connectivity index (χ1n) is 8.07. The summed E-state index contributed by atoms with van der Waals surface area (Å²) >= 11 is 0. The van der Waals surface area contributed by atoms with E-state index in [0.29, 0.717) is 0 Å². The third-order valence-corrected chi connectivity index (χ3v) is 4.71. The van der Waals surface area contributed by atoms with E-state index >= 15 is 0 Å². The third-order valence-electron chi connectivity index (χ3n) is 4.71. The average molecular weight is 419 g/mol. The van der Waals surface area contributed by atoms with Gasteiger partial charge in [-0.3, -0.25) is 0 Å². The molecule has 1 aliphatic rings. The quantitative estimate of drug-likeness (QED) is 0.542. The van der Waals surface area contributed by atoms with Gasteiger partial charge in [-0.25, -0.2) is 0 Å². The summed E-state index contributed by atoms with van der Waals surface area (Å²) in [7, 11) is 0. The van der Waals surface area contributed by atoms with Crippen LogP contribution in [0.15, 0.2) is 66.7 Å². The van der Waals surface area contributed by atoms with Crippen LogP contribution in [0.25, 0.3) is 16.8 Å². The van der Waals surface area contributed by atoms with E-state index in [1.54, 1.807) is 0 Å².